The summed E-state index contributed by atoms with van der Waals surface area (Å²) in [6, 6.07) is 2.41. The number of nitrogens with zero attached hydrogens (tertiary/aromatic N) is 1. The number of likely N-dealkylation sites (N-methyl/N-ethyl adjacent to an activating group) is 1. The van der Waals surface area contributed by atoms with Gasteiger partial charge in [-0.15, -0.1) is 6.58 Å². The maximum Gasteiger partial charge on any atom is 0.220 e. The molecule has 0 unspecified atom stereocenters. The van der Waals surface area contributed by atoms with E-state index in [-0.39, 0.29) is 11.9 Å². The van der Waals surface area contributed by atoms with Crippen molar-refractivity contribution < 1.29 is 4.79 Å². The van der Waals surface area contributed by atoms with Crippen molar-refractivity contribution in [2.75, 3.05) is 19.6 Å². The molecule has 1 aromatic rings. The molecule has 0 aliphatic heterocycles. The molecule has 1 atom stereocenters. The monoisotopic (exact) mass is 280 g/mol. The van der Waals surface area contributed by atoms with Gasteiger partial charge in [-0.1, -0.05) is 19.9 Å². The van der Waals surface area contributed by atoms with Crippen LogP contribution in [0.1, 0.15) is 38.3 Å². The van der Waals surface area contributed by atoms with Crippen LogP contribution >= 0.6 is 11.3 Å². The highest BCUT2D eigenvalue weighted by atomic mass is 32.1. The van der Waals surface area contributed by atoms with Gasteiger partial charge >= 0.3 is 0 Å². The van der Waals surface area contributed by atoms with Gasteiger partial charge in [-0.25, -0.2) is 0 Å². The number of carbonyl (C=O) groups is 1. The first-order valence-electron chi connectivity index (χ1n) is 6.86. The Hall–Kier alpha value is -1.13. The fraction of sp³-hybridized carbons (Fsp3) is 0.533. The molecule has 0 spiro atoms. The molecular weight excluding hydrogens is 256 g/mol. The smallest absolute Gasteiger partial charge is 0.220 e. The number of hydrogen-bond acceptors (Lipinski definition) is 3. The first-order valence-corrected chi connectivity index (χ1v) is 7.80. The van der Waals surface area contributed by atoms with Crippen molar-refractivity contribution in [3.63, 3.8) is 0 Å². The highest BCUT2D eigenvalue weighted by Crippen LogP contribution is 2.22. The summed E-state index contributed by atoms with van der Waals surface area (Å²) in [5, 5.41) is 7.29. The molecule has 0 saturated heterocycles. The average molecular weight is 280 g/mol. The van der Waals surface area contributed by atoms with Gasteiger partial charge in [0.05, 0.1) is 6.04 Å². The Bertz CT molecular complexity index is 372. The van der Waals surface area contributed by atoms with Crippen LogP contribution in [0.5, 0.6) is 0 Å². The van der Waals surface area contributed by atoms with E-state index in [1.807, 2.05) is 0 Å². The Balaban J connectivity index is 2.60. The number of rotatable bonds is 9. The minimum absolute atomic E-state index is 0.104. The molecule has 1 aromatic heterocycles. The lowest BCUT2D eigenvalue weighted by Gasteiger charge is -2.29. The summed E-state index contributed by atoms with van der Waals surface area (Å²) < 4.78 is 0. The lowest BCUT2D eigenvalue weighted by Crippen LogP contribution is -2.37. The zero-order chi connectivity index (χ0) is 14.1. The van der Waals surface area contributed by atoms with E-state index < -0.39 is 0 Å². The van der Waals surface area contributed by atoms with E-state index in [4.69, 9.17) is 0 Å². The van der Waals surface area contributed by atoms with E-state index in [0.717, 1.165) is 19.5 Å². The van der Waals surface area contributed by atoms with Crippen LogP contribution in [0.2, 0.25) is 0 Å². The lowest BCUT2D eigenvalue weighted by atomic mass is 10.1. The summed E-state index contributed by atoms with van der Waals surface area (Å²) in [6.07, 6.45) is 3.04. The minimum Gasteiger partial charge on any atom is -0.354 e. The third kappa shape index (κ3) is 5.17. The van der Waals surface area contributed by atoms with Crippen molar-refractivity contribution in [1.82, 2.24) is 10.2 Å². The molecule has 1 rings (SSSR count). The summed E-state index contributed by atoms with van der Waals surface area (Å²) in [4.78, 5) is 14.1. The Morgan fingerprint density at radius 3 is 2.79 bits per heavy atom. The third-order valence-corrected chi connectivity index (χ3v) is 3.95. The summed E-state index contributed by atoms with van der Waals surface area (Å²) >= 11 is 1.70. The fourth-order valence-corrected chi connectivity index (χ4v) is 2.83. The molecule has 0 aromatic carbocycles. The van der Waals surface area contributed by atoms with Crippen molar-refractivity contribution in [2.24, 2.45) is 0 Å². The van der Waals surface area contributed by atoms with Crippen molar-refractivity contribution in [3.8, 4) is 0 Å². The molecule has 0 bridgehead atoms. The maximum atomic E-state index is 11.7. The Morgan fingerprint density at radius 2 is 2.26 bits per heavy atom. The molecule has 0 radical (unpaired) electrons. The van der Waals surface area contributed by atoms with Gasteiger partial charge in [-0.2, -0.15) is 11.3 Å². The van der Waals surface area contributed by atoms with Crippen molar-refractivity contribution in [2.45, 2.75) is 32.7 Å². The number of allylic oxidation sites excluding steroid dienone is 1. The molecule has 1 N–H and O–H groups in total. The van der Waals surface area contributed by atoms with Gasteiger partial charge in [0.1, 0.15) is 0 Å². The quantitative estimate of drug-likeness (QED) is 0.704. The minimum atomic E-state index is 0.104. The Kier molecular flexibility index (Phi) is 7.45. The number of carbonyl (C=O) groups excluding carboxylic acids is 1. The Labute approximate surface area is 120 Å². The van der Waals surface area contributed by atoms with Crippen LogP contribution in [0.4, 0.5) is 0 Å². The first-order chi connectivity index (χ1) is 9.22. The van der Waals surface area contributed by atoms with Crippen LogP contribution in [0.15, 0.2) is 29.5 Å². The van der Waals surface area contributed by atoms with Crippen LogP contribution in [-0.2, 0) is 4.79 Å². The molecule has 0 aliphatic carbocycles. The Morgan fingerprint density at radius 1 is 1.53 bits per heavy atom. The number of amides is 1. The van der Waals surface area contributed by atoms with Crippen LogP contribution in [0.25, 0.3) is 0 Å². The van der Waals surface area contributed by atoms with Crippen LogP contribution in [0, 0.1) is 0 Å². The molecule has 1 amide bonds. The van der Waals surface area contributed by atoms with Gasteiger partial charge in [-0.3, -0.25) is 9.69 Å². The van der Waals surface area contributed by atoms with Crippen molar-refractivity contribution in [1.29, 1.82) is 0 Å². The summed E-state index contributed by atoms with van der Waals surface area (Å²) in [5.74, 6) is 0.104. The maximum absolute atomic E-state index is 11.7. The van der Waals surface area contributed by atoms with Gasteiger partial charge < -0.3 is 5.32 Å². The predicted molar refractivity (Wildman–Crippen MR) is 82.4 cm³/mol. The lowest BCUT2D eigenvalue weighted by molar-refractivity contribution is -0.121. The van der Waals surface area contributed by atoms with Gasteiger partial charge in [0, 0.05) is 13.0 Å². The topological polar surface area (TPSA) is 32.3 Å². The average Bonchev–Trinajstić information content (AvgIpc) is 2.94. The molecule has 0 saturated carbocycles. The van der Waals surface area contributed by atoms with E-state index in [1.54, 1.807) is 17.4 Å². The van der Waals surface area contributed by atoms with Gasteiger partial charge in [0.15, 0.2) is 0 Å². The molecule has 106 valence electrons. The third-order valence-electron chi connectivity index (χ3n) is 3.25. The number of thiophene rings is 1. The fourth-order valence-electron chi connectivity index (χ4n) is 2.12. The number of nitrogens with one attached hydrogen (secondary N) is 1. The highest BCUT2D eigenvalue weighted by Gasteiger charge is 2.18. The zero-order valence-electron chi connectivity index (χ0n) is 11.9. The number of hydrogen-bond donors (Lipinski definition) is 1. The second-order valence-corrected chi connectivity index (χ2v) is 5.21. The standard InChI is InChI=1S/C15H24N2OS/c1-4-7-8-15(18)16-11-14(17(5-2)6-3)13-9-10-19-12-13/h4,9-10,12,14H,1,5-8,11H2,2-3H3,(H,16,18)/t14-/m0/s1. The molecule has 1 heterocycles. The normalized spacial score (nSPS) is 12.4. The second-order valence-electron chi connectivity index (χ2n) is 4.43. The summed E-state index contributed by atoms with van der Waals surface area (Å²) in [6.45, 7) is 10.6. The molecule has 4 heteroatoms. The molecule has 3 nitrogen and oxygen atoms in total. The van der Waals surface area contributed by atoms with E-state index in [2.05, 4.69) is 47.5 Å². The van der Waals surface area contributed by atoms with E-state index in [0.29, 0.717) is 13.0 Å². The van der Waals surface area contributed by atoms with E-state index >= 15 is 0 Å². The molecule has 0 aliphatic rings. The molecule has 19 heavy (non-hydrogen) atoms. The molecule has 0 fully saturated rings. The molecular formula is C15H24N2OS. The van der Waals surface area contributed by atoms with Crippen molar-refractivity contribution >= 4 is 17.2 Å². The van der Waals surface area contributed by atoms with Crippen LogP contribution in [-0.4, -0.2) is 30.4 Å². The van der Waals surface area contributed by atoms with Crippen LogP contribution in [0.3, 0.4) is 0 Å². The largest absolute Gasteiger partial charge is 0.354 e. The van der Waals surface area contributed by atoms with Gasteiger partial charge in [0.2, 0.25) is 5.91 Å². The first kappa shape index (κ1) is 15.9. The predicted octanol–water partition coefficient (Wildman–Crippen LogP) is 3.21. The van der Waals surface area contributed by atoms with Crippen LogP contribution < -0.4 is 5.32 Å². The van der Waals surface area contributed by atoms with E-state index in [1.165, 1.54) is 5.56 Å². The van der Waals surface area contributed by atoms with E-state index in [9.17, 15) is 4.79 Å². The highest BCUT2D eigenvalue weighted by molar-refractivity contribution is 7.07. The van der Waals surface area contributed by atoms with Gasteiger partial charge in [-0.05, 0) is 41.9 Å². The van der Waals surface area contributed by atoms with Gasteiger partial charge in [0.25, 0.3) is 0 Å². The van der Waals surface area contributed by atoms with Crippen molar-refractivity contribution in [3.05, 3.63) is 35.0 Å². The summed E-state index contributed by atoms with van der Waals surface area (Å²) in [7, 11) is 0. The SMILES string of the molecule is C=CCCC(=O)NC[C@@H](c1ccsc1)N(CC)CC. The summed E-state index contributed by atoms with van der Waals surface area (Å²) in [5.41, 5.74) is 1.29. The zero-order valence-corrected chi connectivity index (χ0v) is 12.7. The second kappa shape index (κ2) is 8.88.